The van der Waals surface area contributed by atoms with E-state index >= 15 is 0 Å². The molecule has 1 aliphatic carbocycles. The van der Waals surface area contributed by atoms with Gasteiger partial charge in [-0.2, -0.15) is 16.9 Å². The molecule has 1 N–H and O–H groups in total. The second-order valence-electron chi connectivity index (χ2n) is 6.70. The molecule has 0 bridgehead atoms. The van der Waals surface area contributed by atoms with Gasteiger partial charge < -0.3 is 10.2 Å². The van der Waals surface area contributed by atoms with E-state index in [4.69, 9.17) is 0 Å². The van der Waals surface area contributed by atoms with Crippen molar-refractivity contribution in [1.82, 2.24) is 15.1 Å². The lowest BCUT2D eigenvalue weighted by Crippen LogP contribution is -2.44. The van der Waals surface area contributed by atoms with Gasteiger partial charge in [0.05, 0.1) is 5.69 Å². The molecule has 1 saturated carbocycles. The molecule has 2 aliphatic rings. The number of nitrogens with one attached hydrogen (secondary N) is 1. The molecule has 3 rings (SSSR count). The lowest BCUT2D eigenvalue weighted by molar-refractivity contribution is 0.615. The van der Waals surface area contributed by atoms with Crippen molar-refractivity contribution in [3.8, 4) is 0 Å². The SMILES string of the molecule is Cc1nn(C)c(N2CCSC(C)(C)C2)c1CNC1CC1. The molecular weight excluding hydrogens is 268 g/mol. The Morgan fingerprint density at radius 1 is 1.40 bits per heavy atom. The quantitative estimate of drug-likeness (QED) is 0.924. The Morgan fingerprint density at radius 3 is 2.80 bits per heavy atom. The van der Waals surface area contributed by atoms with Gasteiger partial charge in [-0.1, -0.05) is 0 Å². The highest BCUT2D eigenvalue weighted by Gasteiger charge is 2.31. The first kappa shape index (κ1) is 14.3. The van der Waals surface area contributed by atoms with Crippen LogP contribution < -0.4 is 10.2 Å². The van der Waals surface area contributed by atoms with Crippen molar-refractivity contribution in [3.63, 3.8) is 0 Å². The van der Waals surface area contributed by atoms with Crippen molar-refractivity contribution in [2.24, 2.45) is 7.05 Å². The van der Waals surface area contributed by atoms with Crippen LogP contribution in [0.25, 0.3) is 0 Å². The molecule has 20 heavy (non-hydrogen) atoms. The van der Waals surface area contributed by atoms with E-state index in [0.29, 0.717) is 4.75 Å². The Hall–Kier alpha value is -0.680. The van der Waals surface area contributed by atoms with Crippen LogP contribution in [0.5, 0.6) is 0 Å². The monoisotopic (exact) mass is 294 g/mol. The standard InChI is InChI=1S/C15H26N4S/c1-11-13(9-16-12-5-6-12)14(18(4)17-11)19-7-8-20-15(2,3)10-19/h12,16H,5-10H2,1-4H3. The summed E-state index contributed by atoms with van der Waals surface area (Å²) < 4.78 is 2.41. The zero-order chi connectivity index (χ0) is 14.3. The number of thioether (sulfide) groups is 1. The summed E-state index contributed by atoms with van der Waals surface area (Å²) in [5.74, 6) is 2.52. The van der Waals surface area contributed by atoms with Crippen LogP contribution in [-0.4, -0.2) is 39.4 Å². The molecule has 0 radical (unpaired) electrons. The number of aryl methyl sites for hydroxylation is 2. The molecule has 2 heterocycles. The van der Waals surface area contributed by atoms with Crippen LogP contribution in [0.4, 0.5) is 5.82 Å². The zero-order valence-corrected chi connectivity index (χ0v) is 13.9. The molecule has 0 spiro atoms. The van der Waals surface area contributed by atoms with E-state index in [2.05, 4.69) is 59.6 Å². The third kappa shape index (κ3) is 2.98. The van der Waals surface area contributed by atoms with E-state index in [1.54, 1.807) is 0 Å². The fourth-order valence-corrected chi connectivity index (χ4v) is 4.13. The van der Waals surface area contributed by atoms with Crippen molar-refractivity contribution >= 4 is 17.6 Å². The van der Waals surface area contributed by atoms with Gasteiger partial charge in [-0.15, -0.1) is 0 Å². The number of rotatable bonds is 4. The molecule has 4 nitrogen and oxygen atoms in total. The van der Waals surface area contributed by atoms with E-state index in [0.717, 1.165) is 25.7 Å². The number of hydrogen-bond acceptors (Lipinski definition) is 4. The Balaban J connectivity index is 1.82. The van der Waals surface area contributed by atoms with E-state index in [9.17, 15) is 0 Å². The summed E-state index contributed by atoms with van der Waals surface area (Å²) in [7, 11) is 2.08. The zero-order valence-electron chi connectivity index (χ0n) is 13.1. The molecule has 1 aromatic heterocycles. The highest BCUT2D eigenvalue weighted by Crippen LogP contribution is 2.34. The Bertz CT molecular complexity index is 490. The maximum atomic E-state index is 4.66. The van der Waals surface area contributed by atoms with Gasteiger partial charge in [-0.25, -0.2) is 0 Å². The minimum Gasteiger partial charge on any atom is -0.354 e. The molecule has 2 fully saturated rings. The maximum Gasteiger partial charge on any atom is 0.131 e. The summed E-state index contributed by atoms with van der Waals surface area (Å²) in [6, 6.07) is 0.746. The molecular formula is C15H26N4S. The molecule has 0 aromatic carbocycles. The summed E-state index contributed by atoms with van der Waals surface area (Å²) in [5.41, 5.74) is 2.56. The van der Waals surface area contributed by atoms with Gasteiger partial charge in [-0.3, -0.25) is 4.68 Å². The Morgan fingerprint density at radius 2 is 2.15 bits per heavy atom. The van der Waals surface area contributed by atoms with E-state index in [-0.39, 0.29) is 0 Å². The first-order valence-electron chi connectivity index (χ1n) is 7.61. The third-order valence-electron chi connectivity index (χ3n) is 4.18. The van der Waals surface area contributed by atoms with Crippen molar-refractivity contribution in [2.45, 2.75) is 50.9 Å². The van der Waals surface area contributed by atoms with Crippen LogP contribution in [0, 0.1) is 6.92 Å². The highest BCUT2D eigenvalue weighted by atomic mass is 32.2. The van der Waals surface area contributed by atoms with Crippen LogP contribution in [0.3, 0.4) is 0 Å². The van der Waals surface area contributed by atoms with Crippen LogP contribution in [-0.2, 0) is 13.6 Å². The summed E-state index contributed by atoms with van der Waals surface area (Å²) in [4.78, 5) is 2.53. The highest BCUT2D eigenvalue weighted by molar-refractivity contribution is 8.00. The van der Waals surface area contributed by atoms with Crippen molar-refractivity contribution in [3.05, 3.63) is 11.3 Å². The molecule has 0 unspecified atom stereocenters. The molecule has 112 valence electrons. The molecule has 1 aliphatic heterocycles. The van der Waals surface area contributed by atoms with E-state index in [1.165, 1.54) is 35.7 Å². The number of aromatic nitrogens is 2. The predicted octanol–water partition coefficient (Wildman–Crippen LogP) is 2.31. The van der Waals surface area contributed by atoms with Crippen LogP contribution in [0.2, 0.25) is 0 Å². The Kier molecular flexibility index (Phi) is 3.75. The van der Waals surface area contributed by atoms with E-state index in [1.807, 2.05) is 0 Å². The minimum atomic E-state index is 0.331. The molecule has 0 atom stereocenters. The van der Waals surface area contributed by atoms with Gasteiger partial charge in [0.15, 0.2) is 0 Å². The first-order chi connectivity index (χ1) is 9.46. The summed E-state index contributed by atoms with van der Waals surface area (Å²) in [6.07, 6.45) is 2.67. The topological polar surface area (TPSA) is 33.1 Å². The average molecular weight is 294 g/mol. The van der Waals surface area contributed by atoms with Crippen LogP contribution in [0.1, 0.15) is 37.9 Å². The average Bonchev–Trinajstić information content (AvgIpc) is 3.12. The lowest BCUT2D eigenvalue weighted by atomic mass is 10.1. The summed E-state index contributed by atoms with van der Waals surface area (Å²) in [6.45, 7) is 10.0. The van der Waals surface area contributed by atoms with Gasteiger partial charge in [0.1, 0.15) is 5.82 Å². The summed E-state index contributed by atoms with van der Waals surface area (Å²) in [5, 5.41) is 8.30. The Labute approximate surface area is 126 Å². The second kappa shape index (κ2) is 5.26. The van der Waals surface area contributed by atoms with Crippen LogP contribution >= 0.6 is 11.8 Å². The predicted molar refractivity (Wildman–Crippen MR) is 86.6 cm³/mol. The number of anilines is 1. The third-order valence-corrected chi connectivity index (χ3v) is 5.48. The first-order valence-corrected chi connectivity index (χ1v) is 8.59. The van der Waals surface area contributed by atoms with Crippen LogP contribution in [0.15, 0.2) is 0 Å². The molecule has 0 amide bonds. The summed E-state index contributed by atoms with van der Waals surface area (Å²) >= 11 is 2.08. The maximum absolute atomic E-state index is 4.66. The number of hydrogen-bond donors (Lipinski definition) is 1. The van der Waals surface area contributed by atoms with Gasteiger partial charge in [-0.05, 0) is 33.6 Å². The minimum absolute atomic E-state index is 0.331. The van der Waals surface area contributed by atoms with Crippen molar-refractivity contribution in [2.75, 3.05) is 23.7 Å². The normalized spacial score (nSPS) is 22.3. The fraction of sp³-hybridized carbons (Fsp3) is 0.800. The smallest absolute Gasteiger partial charge is 0.131 e. The van der Waals surface area contributed by atoms with Crippen molar-refractivity contribution in [1.29, 1.82) is 0 Å². The molecule has 5 heteroatoms. The van der Waals surface area contributed by atoms with E-state index < -0.39 is 0 Å². The van der Waals surface area contributed by atoms with Crippen molar-refractivity contribution < 1.29 is 0 Å². The van der Waals surface area contributed by atoms with Gasteiger partial charge in [0.25, 0.3) is 0 Å². The van der Waals surface area contributed by atoms with Gasteiger partial charge >= 0.3 is 0 Å². The molecule has 1 aromatic rings. The number of nitrogens with zero attached hydrogens (tertiary/aromatic N) is 3. The largest absolute Gasteiger partial charge is 0.354 e. The fourth-order valence-electron chi connectivity index (χ4n) is 3.02. The van der Waals surface area contributed by atoms with Gasteiger partial charge in [0, 0.05) is 48.8 Å². The lowest BCUT2D eigenvalue weighted by Gasteiger charge is -2.39. The van der Waals surface area contributed by atoms with Gasteiger partial charge in [0.2, 0.25) is 0 Å². The second-order valence-corrected chi connectivity index (χ2v) is 8.50. The molecule has 1 saturated heterocycles.